The number of anilines is 1. The molecule has 0 heterocycles. The van der Waals surface area contributed by atoms with Gasteiger partial charge in [-0.15, -0.1) is 0 Å². The Kier molecular flexibility index (Phi) is 8.95. The van der Waals surface area contributed by atoms with Gasteiger partial charge in [-0.2, -0.15) is 39.5 Å². The van der Waals surface area contributed by atoms with Crippen molar-refractivity contribution in [3.63, 3.8) is 0 Å². The molecule has 3 aromatic rings. The Bertz CT molecular complexity index is 1390. The summed E-state index contributed by atoms with van der Waals surface area (Å²) < 4.78 is 119. The van der Waals surface area contributed by atoms with E-state index in [1.54, 1.807) is 6.07 Å². The summed E-state index contributed by atoms with van der Waals surface area (Å²) in [5.74, 6) is -2.22. The van der Waals surface area contributed by atoms with E-state index < -0.39 is 52.6 Å². The zero-order chi connectivity index (χ0) is 30.9. The smallest absolute Gasteiger partial charge is 0.322 e. The Hall–Kier alpha value is -3.83. The van der Waals surface area contributed by atoms with Gasteiger partial charge in [-0.25, -0.2) is 0 Å². The van der Waals surface area contributed by atoms with E-state index in [0.29, 0.717) is 12.0 Å². The summed E-state index contributed by atoms with van der Waals surface area (Å²) in [7, 11) is 0. The number of Topliss-reactive ketones (excluding diaryl/α,β-unsaturated/α-hetero) is 1. The molecule has 0 fully saturated rings. The Labute approximate surface area is 229 Å². The van der Waals surface area contributed by atoms with Crippen LogP contribution < -0.4 is 5.32 Å². The molecule has 3 rings (SSSR count). The van der Waals surface area contributed by atoms with Gasteiger partial charge in [-0.1, -0.05) is 32.0 Å². The largest absolute Gasteiger partial charge is 0.416 e. The highest BCUT2D eigenvalue weighted by atomic mass is 19.4. The molecule has 0 aliphatic rings. The molecular weight excluding hydrogens is 565 g/mol. The minimum Gasteiger partial charge on any atom is -0.322 e. The second kappa shape index (κ2) is 11.6. The number of carbonyl (C=O) groups is 2. The summed E-state index contributed by atoms with van der Waals surface area (Å²) in [6, 6.07) is 8.65. The quantitative estimate of drug-likeness (QED) is 0.279. The number of halogens is 9. The number of ketones is 1. The molecule has 0 aliphatic heterocycles. The first kappa shape index (κ1) is 31.7. The van der Waals surface area contributed by atoms with Crippen molar-refractivity contribution in [2.45, 2.75) is 51.6 Å². The SMILES string of the molecule is CC(=O)C(CC(C)C)c1cc(NC(=O)c2cc(C(F)(F)F)cc(C(F)(F)F)c2)cc(-c2ccc(C(F)(F)F)cc2)c1. The third kappa shape index (κ3) is 8.11. The Balaban J connectivity index is 2.12. The number of nitrogens with one attached hydrogen (secondary N) is 1. The van der Waals surface area contributed by atoms with Crippen molar-refractivity contribution in [2.24, 2.45) is 5.92 Å². The van der Waals surface area contributed by atoms with Crippen molar-refractivity contribution in [3.05, 3.63) is 88.5 Å². The fourth-order valence-corrected chi connectivity index (χ4v) is 4.24. The molecule has 220 valence electrons. The number of hydrogen-bond donors (Lipinski definition) is 1. The van der Waals surface area contributed by atoms with Crippen LogP contribution in [0.5, 0.6) is 0 Å². The van der Waals surface area contributed by atoms with Crippen LogP contribution in [0.3, 0.4) is 0 Å². The summed E-state index contributed by atoms with van der Waals surface area (Å²) in [5.41, 5.74) is -4.38. The topological polar surface area (TPSA) is 46.2 Å². The number of alkyl halides is 9. The zero-order valence-electron chi connectivity index (χ0n) is 21.9. The molecule has 41 heavy (non-hydrogen) atoms. The van der Waals surface area contributed by atoms with Crippen molar-refractivity contribution < 1.29 is 49.1 Å². The van der Waals surface area contributed by atoms with Gasteiger partial charge in [0, 0.05) is 17.2 Å². The molecule has 0 aromatic heterocycles. The van der Waals surface area contributed by atoms with E-state index in [4.69, 9.17) is 0 Å². The molecular formula is C29H24F9NO2. The molecule has 0 bridgehead atoms. The minimum absolute atomic E-state index is 0.0302. The monoisotopic (exact) mass is 589 g/mol. The van der Waals surface area contributed by atoms with Crippen LogP contribution in [0.4, 0.5) is 45.2 Å². The van der Waals surface area contributed by atoms with Crippen molar-refractivity contribution in [1.82, 2.24) is 0 Å². The summed E-state index contributed by atoms with van der Waals surface area (Å²) >= 11 is 0. The van der Waals surface area contributed by atoms with E-state index in [-0.39, 0.29) is 46.7 Å². The minimum atomic E-state index is -5.17. The van der Waals surface area contributed by atoms with Crippen LogP contribution in [0, 0.1) is 5.92 Å². The highest BCUT2D eigenvalue weighted by Crippen LogP contribution is 2.38. The molecule has 12 heteroatoms. The number of amides is 1. The van der Waals surface area contributed by atoms with Crippen molar-refractivity contribution >= 4 is 17.4 Å². The Morgan fingerprint density at radius 3 is 1.63 bits per heavy atom. The lowest BCUT2D eigenvalue weighted by Gasteiger charge is -2.20. The number of carbonyl (C=O) groups excluding carboxylic acids is 2. The predicted molar refractivity (Wildman–Crippen MR) is 134 cm³/mol. The van der Waals surface area contributed by atoms with Crippen LogP contribution in [0.15, 0.2) is 60.7 Å². The van der Waals surface area contributed by atoms with Gasteiger partial charge in [0.1, 0.15) is 5.78 Å². The lowest BCUT2D eigenvalue weighted by atomic mass is 9.85. The first-order valence-electron chi connectivity index (χ1n) is 12.2. The van der Waals surface area contributed by atoms with Gasteiger partial charge in [0.15, 0.2) is 0 Å². The van der Waals surface area contributed by atoms with Gasteiger partial charge in [-0.3, -0.25) is 9.59 Å². The van der Waals surface area contributed by atoms with Crippen LogP contribution in [0.25, 0.3) is 11.1 Å². The predicted octanol–water partition coefficient (Wildman–Crippen LogP) is 9.38. The van der Waals surface area contributed by atoms with Gasteiger partial charge < -0.3 is 5.32 Å². The van der Waals surface area contributed by atoms with E-state index in [1.807, 2.05) is 13.8 Å². The molecule has 3 aromatic carbocycles. The average Bonchev–Trinajstić information content (AvgIpc) is 2.85. The molecule has 0 aliphatic carbocycles. The highest BCUT2D eigenvalue weighted by molar-refractivity contribution is 6.05. The third-order valence-electron chi connectivity index (χ3n) is 6.21. The molecule has 0 saturated heterocycles. The van der Waals surface area contributed by atoms with Gasteiger partial charge in [0.05, 0.1) is 16.7 Å². The van der Waals surface area contributed by atoms with E-state index in [2.05, 4.69) is 5.32 Å². The highest BCUT2D eigenvalue weighted by Gasteiger charge is 2.37. The third-order valence-corrected chi connectivity index (χ3v) is 6.21. The molecule has 1 amide bonds. The van der Waals surface area contributed by atoms with Crippen LogP contribution in [-0.4, -0.2) is 11.7 Å². The van der Waals surface area contributed by atoms with Gasteiger partial charge >= 0.3 is 18.5 Å². The van der Waals surface area contributed by atoms with Crippen LogP contribution in [0.2, 0.25) is 0 Å². The zero-order valence-corrected chi connectivity index (χ0v) is 21.9. The van der Waals surface area contributed by atoms with Crippen molar-refractivity contribution in [3.8, 4) is 11.1 Å². The van der Waals surface area contributed by atoms with Crippen molar-refractivity contribution in [2.75, 3.05) is 5.32 Å². The fraction of sp³-hybridized carbons (Fsp3) is 0.310. The van der Waals surface area contributed by atoms with Gasteiger partial charge in [0.2, 0.25) is 0 Å². The van der Waals surface area contributed by atoms with Gasteiger partial charge in [0.25, 0.3) is 5.91 Å². The number of rotatable bonds is 7. The van der Waals surface area contributed by atoms with Crippen molar-refractivity contribution in [1.29, 1.82) is 0 Å². The summed E-state index contributed by atoms with van der Waals surface area (Å²) in [6.07, 6.45) is -14.6. The lowest BCUT2D eigenvalue weighted by molar-refractivity contribution is -0.143. The summed E-state index contributed by atoms with van der Waals surface area (Å²) in [6.45, 7) is 5.03. The van der Waals surface area contributed by atoms with E-state index in [1.165, 1.54) is 31.2 Å². The maximum absolute atomic E-state index is 13.3. The first-order valence-corrected chi connectivity index (χ1v) is 12.2. The normalized spacial score (nSPS) is 13.3. The second-order valence-corrected chi connectivity index (χ2v) is 9.96. The molecule has 0 saturated carbocycles. The molecule has 1 N–H and O–H groups in total. The van der Waals surface area contributed by atoms with Crippen LogP contribution >= 0.6 is 0 Å². The molecule has 1 atom stereocenters. The maximum Gasteiger partial charge on any atom is 0.416 e. The Morgan fingerprint density at radius 2 is 1.20 bits per heavy atom. The van der Waals surface area contributed by atoms with E-state index in [9.17, 15) is 49.1 Å². The second-order valence-electron chi connectivity index (χ2n) is 9.96. The summed E-state index contributed by atoms with van der Waals surface area (Å²) in [4.78, 5) is 25.4. The lowest BCUT2D eigenvalue weighted by Crippen LogP contribution is -2.18. The molecule has 3 nitrogen and oxygen atoms in total. The van der Waals surface area contributed by atoms with Crippen LogP contribution in [-0.2, 0) is 23.3 Å². The van der Waals surface area contributed by atoms with Gasteiger partial charge in [-0.05, 0) is 78.4 Å². The number of hydrogen-bond acceptors (Lipinski definition) is 2. The molecule has 1 unspecified atom stereocenters. The fourth-order valence-electron chi connectivity index (χ4n) is 4.24. The Morgan fingerprint density at radius 1 is 0.683 bits per heavy atom. The standard InChI is InChI=1S/C29H24F9NO2/c1-15(2)8-25(16(3)40)19-9-18(17-4-6-21(7-5-17)27(30,31)32)12-24(13-19)39-26(41)20-10-22(28(33,34)35)14-23(11-20)29(36,37)38/h4-7,9-15,25H,8H2,1-3H3,(H,39,41). The first-order chi connectivity index (χ1) is 18.8. The summed E-state index contributed by atoms with van der Waals surface area (Å²) in [5, 5.41) is 2.28. The molecule has 0 radical (unpaired) electrons. The van der Waals surface area contributed by atoms with Crippen LogP contribution in [0.1, 0.15) is 65.7 Å². The average molecular weight is 589 g/mol. The number of benzene rings is 3. The maximum atomic E-state index is 13.3. The molecule has 0 spiro atoms. The van der Waals surface area contributed by atoms with E-state index in [0.717, 1.165) is 12.1 Å². The van der Waals surface area contributed by atoms with E-state index >= 15 is 0 Å².